The zero-order valence-corrected chi connectivity index (χ0v) is 13.4. The van der Waals surface area contributed by atoms with Gasteiger partial charge in [0.1, 0.15) is 0 Å². The molecule has 2 aromatic heterocycles. The summed E-state index contributed by atoms with van der Waals surface area (Å²) in [6, 6.07) is 11.6. The summed E-state index contributed by atoms with van der Waals surface area (Å²) in [5.41, 5.74) is 3.12. The molecule has 0 saturated heterocycles. The first kappa shape index (κ1) is 15.9. The summed E-state index contributed by atoms with van der Waals surface area (Å²) in [5, 5.41) is 6.84. The van der Waals surface area contributed by atoms with E-state index < -0.39 is 0 Å². The summed E-state index contributed by atoms with van der Waals surface area (Å²) in [6.07, 6.45) is 4.07. The Morgan fingerprint density at radius 3 is 2.75 bits per heavy atom. The lowest BCUT2D eigenvalue weighted by Gasteiger charge is -2.07. The van der Waals surface area contributed by atoms with Gasteiger partial charge in [0.2, 0.25) is 17.6 Å². The number of benzene rings is 1. The second-order valence-corrected chi connectivity index (χ2v) is 5.45. The Hall–Kier alpha value is -3.02. The normalized spacial score (nSPS) is 10.5. The van der Waals surface area contributed by atoms with Gasteiger partial charge in [-0.25, -0.2) is 0 Å². The Balaban J connectivity index is 1.50. The fourth-order valence-corrected chi connectivity index (χ4v) is 2.29. The van der Waals surface area contributed by atoms with Gasteiger partial charge in [-0.2, -0.15) is 4.98 Å². The zero-order valence-electron chi connectivity index (χ0n) is 13.4. The average Bonchev–Trinajstić information content (AvgIpc) is 3.09. The van der Waals surface area contributed by atoms with Gasteiger partial charge in [0.15, 0.2) is 0 Å². The Bertz CT molecular complexity index is 815. The van der Waals surface area contributed by atoms with Gasteiger partial charge in [-0.1, -0.05) is 29.4 Å². The molecule has 3 rings (SSSR count). The predicted octanol–water partition coefficient (Wildman–Crippen LogP) is 2.69. The van der Waals surface area contributed by atoms with Gasteiger partial charge in [0, 0.05) is 37.3 Å². The van der Waals surface area contributed by atoms with Gasteiger partial charge in [0.25, 0.3) is 0 Å². The summed E-state index contributed by atoms with van der Waals surface area (Å²) in [5.74, 6) is 0.919. The van der Waals surface area contributed by atoms with Crippen molar-refractivity contribution < 1.29 is 9.32 Å². The van der Waals surface area contributed by atoms with Crippen LogP contribution >= 0.6 is 0 Å². The highest BCUT2D eigenvalue weighted by Gasteiger charge is 2.10. The molecular formula is C18H18N4O2. The van der Waals surface area contributed by atoms with Crippen LogP contribution in [0, 0.1) is 6.92 Å². The number of carbonyl (C=O) groups is 1. The molecule has 0 spiro atoms. The molecule has 2 heterocycles. The minimum Gasteiger partial charge on any atom is -0.352 e. The summed E-state index contributed by atoms with van der Waals surface area (Å²) in [6.45, 7) is 2.55. The first-order valence-corrected chi connectivity index (χ1v) is 7.76. The van der Waals surface area contributed by atoms with Gasteiger partial charge in [0.05, 0.1) is 0 Å². The Labute approximate surface area is 139 Å². The van der Waals surface area contributed by atoms with Gasteiger partial charge in [-0.3, -0.25) is 9.78 Å². The zero-order chi connectivity index (χ0) is 16.8. The number of nitrogens with zero attached hydrogens (tertiary/aromatic N) is 3. The molecule has 0 bridgehead atoms. The van der Waals surface area contributed by atoms with Crippen molar-refractivity contribution >= 4 is 5.91 Å². The molecular weight excluding hydrogens is 304 g/mol. The van der Waals surface area contributed by atoms with E-state index in [0.717, 1.165) is 16.7 Å². The van der Waals surface area contributed by atoms with Crippen molar-refractivity contribution in [3.05, 3.63) is 65.8 Å². The van der Waals surface area contributed by atoms with Crippen molar-refractivity contribution in [1.82, 2.24) is 20.4 Å². The molecule has 1 amide bonds. The maximum absolute atomic E-state index is 12.0. The fraction of sp³-hybridized carbons (Fsp3) is 0.222. The first-order chi connectivity index (χ1) is 11.7. The lowest BCUT2D eigenvalue weighted by molar-refractivity contribution is -0.121. The third-order valence-corrected chi connectivity index (χ3v) is 3.71. The first-order valence-electron chi connectivity index (χ1n) is 7.76. The summed E-state index contributed by atoms with van der Waals surface area (Å²) >= 11 is 0. The number of carbonyl (C=O) groups excluding carboxylic acids is 1. The van der Waals surface area contributed by atoms with E-state index in [1.165, 1.54) is 0 Å². The van der Waals surface area contributed by atoms with Crippen LogP contribution in [0.5, 0.6) is 0 Å². The van der Waals surface area contributed by atoms with Crippen molar-refractivity contribution in [2.45, 2.75) is 26.3 Å². The number of hydrogen-bond acceptors (Lipinski definition) is 5. The van der Waals surface area contributed by atoms with E-state index in [9.17, 15) is 4.79 Å². The summed E-state index contributed by atoms with van der Waals surface area (Å²) in [4.78, 5) is 20.2. The molecule has 122 valence electrons. The van der Waals surface area contributed by atoms with Crippen LogP contribution in [-0.4, -0.2) is 21.0 Å². The topological polar surface area (TPSA) is 80.9 Å². The highest BCUT2D eigenvalue weighted by molar-refractivity contribution is 5.76. The Morgan fingerprint density at radius 2 is 1.96 bits per heavy atom. The van der Waals surface area contributed by atoms with Crippen LogP contribution in [-0.2, 0) is 17.8 Å². The van der Waals surface area contributed by atoms with Crippen molar-refractivity contribution in [2.24, 2.45) is 0 Å². The average molecular weight is 322 g/mol. The van der Waals surface area contributed by atoms with E-state index in [1.807, 2.05) is 43.3 Å². The largest absolute Gasteiger partial charge is 0.352 e. The van der Waals surface area contributed by atoms with Crippen molar-refractivity contribution in [3.63, 3.8) is 0 Å². The number of nitrogens with one attached hydrogen (secondary N) is 1. The van der Waals surface area contributed by atoms with Crippen LogP contribution in [0.2, 0.25) is 0 Å². The molecule has 0 fully saturated rings. The van der Waals surface area contributed by atoms with Crippen LogP contribution in [0.15, 0.2) is 53.3 Å². The molecule has 1 N–H and O–H groups in total. The fourth-order valence-electron chi connectivity index (χ4n) is 2.29. The van der Waals surface area contributed by atoms with E-state index in [4.69, 9.17) is 4.52 Å². The molecule has 6 heteroatoms. The predicted molar refractivity (Wildman–Crippen MR) is 88.9 cm³/mol. The molecule has 0 atom stereocenters. The molecule has 0 aliphatic carbocycles. The summed E-state index contributed by atoms with van der Waals surface area (Å²) in [7, 11) is 0. The second-order valence-electron chi connectivity index (χ2n) is 5.45. The van der Waals surface area contributed by atoms with Crippen molar-refractivity contribution in [1.29, 1.82) is 0 Å². The number of hydrogen-bond donors (Lipinski definition) is 1. The van der Waals surface area contributed by atoms with Crippen LogP contribution in [0.3, 0.4) is 0 Å². The van der Waals surface area contributed by atoms with Gasteiger partial charge in [-0.15, -0.1) is 0 Å². The molecule has 0 aliphatic heterocycles. The van der Waals surface area contributed by atoms with E-state index in [2.05, 4.69) is 20.4 Å². The molecule has 6 nitrogen and oxygen atoms in total. The Morgan fingerprint density at radius 1 is 1.17 bits per heavy atom. The quantitative estimate of drug-likeness (QED) is 0.754. The molecule has 1 aromatic carbocycles. The van der Waals surface area contributed by atoms with Gasteiger partial charge in [-0.05, 0) is 30.2 Å². The van der Waals surface area contributed by atoms with Gasteiger partial charge >= 0.3 is 0 Å². The second kappa shape index (κ2) is 7.50. The number of amides is 1. The van der Waals surface area contributed by atoms with Crippen LogP contribution in [0.1, 0.15) is 23.4 Å². The Kier molecular flexibility index (Phi) is 4.96. The lowest BCUT2D eigenvalue weighted by atomic mass is 10.1. The van der Waals surface area contributed by atoms with E-state index in [-0.39, 0.29) is 5.91 Å². The number of rotatable bonds is 6. The smallest absolute Gasteiger partial charge is 0.227 e. The van der Waals surface area contributed by atoms with E-state index >= 15 is 0 Å². The monoisotopic (exact) mass is 322 g/mol. The highest BCUT2D eigenvalue weighted by atomic mass is 16.5. The van der Waals surface area contributed by atoms with Crippen LogP contribution in [0.25, 0.3) is 11.4 Å². The van der Waals surface area contributed by atoms with Gasteiger partial charge < -0.3 is 9.84 Å². The van der Waals surface area contributed by atoms with Crippen molar-refractivity contribution in [3.8, 4) is 11.4 Å². The SMILES string of the molecule is Cc1ccccc1CNC(=O)CCc1nc(-c2ccncc2)no1. The maximum Gasteiger partial charge on any atom is 0.227 e. The molecule has 3 aromatic rings. The maximum atomic E-state index is 12.0. The van der Waals surface area contributed by atoms with E-state index in [0.29, 0.717) is 31.1 Å². The highest BCUT2D eigenvalue weighted by Crippen LogP contribution is 2.14. The van der Waals surface area contributed by atoms with Crippen LogP contribution in [0.4, 0.5) is 0 Å². The number of aromatic nitrogens is 3. The standard InChI is InChI=1S/C18H18N4O2/c1-13-4-2-3-5-15(13)12-20-16(23)6-7-17-21-18(22-24-17)14-8-10-19-11-9-14/h2-5,8-11H,6-7,12H2,1H3,(H,20,23). The van der Waals surface area contributed by atoms with Crippen LogP contribution < -0.4 is 5.32 Å². The van der Waals surface area contributed by atoms with E-state index in [1.54, 1.807) is 12.4 Å². The third-order valence-electron chi connectivity index (χ3n) is 3.71. The molecule has 0 unspecified atom stereocenters. The number of aryl methyl sites for hydroxylation is 2. The summed E-state index contributed by atoms with van der Waals surface area (Å²) < 4.78 is 5.19. The molecule has 0 saturated carbocycles. The lowest BCUT2D eigenvalue weighted by Crippen LogP contribution is -2.23. The molecule has 0 aliphatic rings. The minimum atomic E-state index is -0.0399. The number of pyridine rings is 1. The molecule has 24 heavy (non-hydrogen) atoms. The molecule has 0 radical (unpaired) electrons. The third kappa shape index (κ3) is 4.04. The van der Waals surface area contributed by atoms with Crippen molar-refractivity contribution in [2.75, 3.05) is 0 Å². The minimum absolute atomic E-state index is 0.0399.